The number of amides is 4. The van der Waals surface area contributed by atoms with Crippen molar-refractivity contribution in [3.8, 4) is 11.4 Å². The zero-order valence-electron chi connectivity index (χ0n) is 19.5. The number of benzene rings is 2. The van der Waals surface area contributed by atoms with Gasteiger partial charge in [-0.05, 0) is 37.6 Å². The van der Waals surface area contributed by atoms with Crippen LogP contribution in [-0.2, 0) is 9.59 Å². The SMILES string of the molecule is CC12CCC(=O)N1c1ccccc1C(=O)N2CCC(=O)NNC(=O)c1nn(-c2ccccc2)cc1O. The molecule has 36 heavy (non-hydrogen) atoms. The van der Waals surface area contributed by atoms with Crippen molar-refractivity contribution >= 4 is 29.3 Å². The van der Waals surface area contributed by atoms with Crippen molar-refractivity contribution in [2.45, 2.75) is 31.8 Å². The van der Waals surface area contributed by atoms with E-state index in [0.717, 1.165) is 0 Å². The van der Waals surface area contributed by atoms with Gasteiger partial charge in [0.25, 0.3) is 11.8 Å². The first-order chi connectivity index (χ1) is 17.3. The second-order valence-corrected chi connectivity index (χ2v) is 8.82. The van der Waals surface area contributed by atoms with Gasteiger partial charge in [0, 0.05) is 19.4 Å². The van der Waals surface area contributed by atoms with Crippen LogP contribution in [0, 0.1) is 0 Å². The van der Waals surface area contributed by atoms with Crippen LogP contribution >= 0.6 is 0 Å². The summed E-state index contributed by atoms with van der Waals surface area (Å²) < 4.78 is 1.35. The molecule has 0 bridgehead atoms. The minimum absolute atomic E-state index is 0.0447. The summed E-state index contributed by atoms with van der Waals surface area (Å²) in [4.78, 5) is 54.0. The van der Waals surface area contributed by atoms with E-state index >= 15 is 0 Å². The van der Waals surface area contributed by atoms with Gasteiger partial charge in [-0.1, -0.05) is 30.3 Å². The Morgan fingerprint density at radius 1 is 1.06 bits per heavy atom. The molecule has 1 fully saturated rings. The lowest BCUT2D eigenvalue weighted by Gasteiger charge is -2.48. The third kappa shape index (κ3) is 3.84. The highest BCUT2D eigenvalue weighted by atomic mass is 16.3. The summed E-state index contributed by atoms with van der Waals surface area (Å²) in [5.74, 6) is -2.02. The summed E-state index contributed by atoms with van der Waals surface area (Å²) in [6, 6.07) is 15.9. The fraction of sp³-hybridized carbons (Fsp3) is 0.240. The Morgan fingerprint density at radius 3 is 2.56 bits per heavy atom. The minimum atomic E-state index is -0.873. The Hall–Kier alpha value is -4.67. The molecular weight excluding hydrogens is 464 g/mol. The van der Waals surface area contributed by atoms with Crippen molar-refractivity contribution in [3.05, 3.63) is 72.1 Å². The third-order valence-corrected chi connectivity index (χ3v) is 6.55. The average molecular weight is 489 g/mol. The van der Waals surface area contributed by atoms with Crippen LogP contribution in [0.15, 0.2) is 60.8 Å². The topological polar surface area (TPSA) is 137 Å². The van der Waals surface area contributed by atoms with E-state index in [-0.39, 0.29) is 36.2 Å². The molecule has 4 amide bonds. The van der Waals surface area contributed by atoms with E-state index in [0.29, 0.717) is 29.8 Å². The maximum atomic E-state index is 13.2. The van der Waals surface area contributed by atoms with Gasteiger partial charge in [0.2, 0.25) is 11.8 Å². The number of hydrogen-bond acceptors (Lipinski definition) is 6. The molecule has 0 radical (unpaired) electrons. The zero-order valence-corrected chi connectivity index (χ0v) is 19.5. The fourth-order valence-electron chi connectivity index (χ4n) is 4.74. The monoisotopic (exact) mass is 488 g/mol. The van der Waals surface area contributed by atoms with Gasteiger partial charge in [0.1, 0.15) is 5.66 Å². The summed E-state index contributed by atoms with van der Waals surface area (Å²) in [5, 5.41) is 14.2. The molecule has 1 aromatic heterocycles. The van der Waals surface area contributed by atoms with Crippen LogP contribution < -0.4 is 15.8 Å². The summed E-state index contributed by atoms with van der Waals surface area (Å²) in [7, 11) is 0. The number of rotatable bonds is 5. The molecule has 3 heterocycles. The number of para-hydroxylation sites is 2. The molecule has 11 heteroatoms. The lowest BCUT2D eigenvalue weighted by Crippen LogP contribution is -2.62. The number of aromatic hydroxyl groups is 1. The van der Waals surface area contributed by atoms with Gasteiger partial charge in [0.15, 0.2) is 11.4 Å². The second kappa shape index (κ2) is 8.84. The molecule has 0 spiro atoms. The van der Waals surface area contributed by atoms with Crippen LogP contribution in [0.5, 0.6) is 5.75 Å². The number of carbonyl (C=O) groups is 4. The van der Waals surface area contributed by atoms with Gasteiger partial charge in [-0.2, -0.15) is 5.10 Å². The van der Waals surface area contributed by atoms with Gasteiger partial charge in [0.05, 0.1) is 23.1 Å². The fourth-order valence-corrected chi connectivity index (χ4v) is 4.74. The zero-order chi connectivity index (χ0) is 25.4. The molecule has 3 aromatic rings. The molecule has 0 saturated carbocycles. The van der Waals surface area contributed by atoms with Crippen LogP contribution in [0.2, 0.25) is 0 Å². The molecule has 1 unspecified atom stereocenters. The predicted molar refractivity (Wildman–Crippen MR) is 128 cm³/mol. The molecule has 2 aliphatic heterocycles. The number of nitrogens with zero attached hydrogens (tertiary/aromatic N) is 4. The van der Waals surface area contributed by atoms with Gasteiger partial charge >= 0.3 is 0 Å². The Bertz CT molecular complexity index is 1370. The number of nitrogens with one attached hydrogen (secondary N) is 2. The molecule has 2 aromatic carbocycles. The molecule has 0 aliphatic carbocycles. The van der Waals surface area contributed by atoms with Crippen LogP contribution in [-0.4, -0.2) is 55.6 Å². The minimum Gasteiger partial charge on any atom is -0.504 e. The van der Waals surface area contributed by atoms with Crippen LogP contribution in [0.3, 0.4) is 0 Å². The van der Waals surface area contributed by atoms with Crippen molar-refractivity contribution in [2.75, 3.05) is 11.4 Å². The number of anilines is 1. The second-order valence-electron chi connectivity index (χ2n) is 8.82. The van der Waals surface area contributed by atoms with Gasteiger partial charge in [-0.15, -0.1) is 0 Å². The van der Waals surface area contributed by atoms with Crippen molar-refractivity contribution in [1.82, 2.24) is 25.5 Å². The number of carbonyl (C=O) groups excluding carboxylic acids is 4. The molecule has 1 atom stereocenters. The predicted octanol–water partition coefficient (Wildman–Crippen LogP) is 1.73. The van der Waals surface area contributed by atoms with E-state index in [1.165, 1.54) is 15.8 Å². The molecule has 2 aliphatic rings. The summed E-state index contributed by atoms with van der Waals surface area (Å²) in [6.07, 6.45) is 1.93. The third-order valence-electron chi connectivity index (χ3n) is 6.55. The quantitative estimate of drug-likeness (QED) is 0.468. The summed E-state index contributed by atoms with van der Waals surface area (Å²) in [5.41, 5.74) is 5.04. The van der Waals surface area contributed by atoms with E-state index in [4.69, 9.17) is 0 Å². The Labute approximate surface area is 206 Å². The largest absolute Gasteiger partial charge is 0.504 e. The van der Waals surface area contributed by atoms with E-state index in [2.05, 4.69) is 16.0 Å². The van der Waals surface area contributed by atoms with E-state index in [9.17, 15) is 24.3 Å². The van der Waals surface area contributed by atoms with Crippen molar-refractivity contribution in [3.63, 3.8) is 0 Å². The Morgan fingerprint density at radius 2 is 1.78 bits per heavy atom. The number of hydrogen-bond donors (Lipinski definition) is 3. The summed E-state index contributed by atoms with van der Waals surface area (Å²) >= 11 is 0. The van der Waals surface area contributed by atoms with E-state index in [1.54, 1.807) is 53.4 Å². The first-order valence-corrected chi connectivity index (χ1v) is 11.5. The normalized spacial score (nSPS) is 18.6. The number of fused-ring (bicyclic) bond motifs is 3. The molecule has 1 saturated heterocycles. The first kappa shape index (κ1) is 23.1. The highest BCUT2D eigenvalue weighted by molar-refractivity contribution is 6.10. The van der Waals surface area contributed by atoms with Crippen molar-refractivity contribution in [1.29, 1.82) is 0 Å². The van der Waals surface area contributed by atoms with Crippen LogP contribution in [0.4, 0.5) is 5.69 Å². The standard InChI is InChI=1S/C25H24N6O5/c1-25-13-11-21(34)31(25)18-10-6-5-9-17(18)24(36)29(25)14-12-20(33)26-27-23(35)22-19(32)15-30(28-22)16-7-3-2-4-8-16/h2-10,15,32H,11-14H2,1H3,(H,26,33)(H,27,35). The maximum Gasteiger partial charge on any atom is 0.294 e. The van der Waals surface area contributed by atoms with E-state index in [1.807, 2.05) is 13.0 Å². The highest BCUT2D eigenvalue weighted by Gasteiger charge is 2.52. The first-order valence-electron chi connectivity index (χ1n) is 11.5. The number of aromatic nitrogens is 2. The highest BCUT2D eigenvalue weighted by Crippen LogP contribution is 2.43. The van der Waals surface area contributed by atoms with Gasteiger partial charge in [-0.25, -0.2) is 4.68 Å². The molecule has 11 nitrogen and oxygen atoms in total. The van der Waals surface area contributed by atoms with Crippen molar-refractivity contribution < 1.29 is 24.3 Å². The molecule has 184 valence electrons. The van der Waals surface area contributed by atoms with Crippen LogP contribution in [0.25, 0.3) is 5.69 Å². The van der Waals surface area contributed by atoms with Gasteiger partial charge < -0.3 is 10.0 Å². The van der Waals surface area contributed by atoms with Gasteiger partial charge in [-0.3, -0.25) is 34.9 Å². The smallest absolute Gasteiger partial charge is 0.294 e. The Balaban J connectivity index is 1.23. The Kier molecular flexibility index (Phi) is 5.67. The van der Waals surface area contributed by atoms with Crippen LogP contribution in [0.1, 0.15) is 47.0 Å². The lowest BCUT2D eigenvalue weighted by molar-refractivity contribution is -0.122. The molecule has 3 N–H and O–H groups in total. The lowest BCUT2D eigenvalue weighted by atomic mass is 9.98. The van der Waals surface area contributed by atoms with E-state index < -0.39 is 17.5 Å². The maximum absolute atomic E-state index is 13.2. The van der Waals surface area contributed by atoms with Crippen molar-refractivity contribution in [2.24, 2.45) is 0 Å². The number of hydrazine groups is 1. The molecular formula is C25H24N6O5. The molecule has 5 rings (SSSR count). The summed E-state index contributed by atoms with van der Waals surface area (Å²) in [6.45, 7) is 1.86. The average Bonchev–Trinajstić information content (AvgIpc) is 3.42.